The summed E-state index contributed by atoms with van der Waals surface area (Å²) in [5.41, 5.74) is 1.12. The van der Waals surface area contributed by atoms with Crippen LogP contribution in [0.5, 0.6) is 0 Å². The standard InChI is InChI=1S/C15H24N2O/c1-4-18-15(14-6-5-9-16-12-14)7-10-17(11-8-15)13(2)3/h5-6,9,12-13H,4,7-8,10-11H2,1-3H3. The first-order chi connectivity index (χ1) is 8.68. The van der Waals surface area contributed by atoms with E-state index >= 15 is 0 Å². The molecule has 0 bridgehead atoms. The van der Waals surface area contributed by atoms with Gasteiger partial charge in [-0.25, -0.2) is 0 Å². The molecule has 0 aliphatic carbocycles. The SMILES string of the molecule is CCOC1(c2cccnc2)CCN(C(C)C)CC1. The molecule has 3 nitrogen and oxygen atoms in total. The van der Waals surface area contributed by atoms with Crippen LogP contribution >= 0.6 is 0 Å². The fourth-order valence-electron chi connectivity index (χ4n) is 2.83. The molecular weight excluding hydrogens is 224 g/mol. The van der Waals surface area contributed by atoms with Gasteiger partial charge in [-0.2, -0.15) is 0 Å². The molecule has 100 valence electrons. The van der Waals surface area contributed by atoms with Crippen LogP contribution in [0.4, 0.5) is 0 Å². The molecule has 3 heteroatoms. The highest BCUT2D eigenvalue weighted by molar-refractivity contribution is 5.19. The van der Waals surface area contributed by atoms with Crippen LogP contribution in [0.1, 0.15) is 39.2 Å². The molecular formula is C15H24N2O. The Kier molecular flexibility index (Phi) is 4.36. The third-order valence-electron chi connectivity index (χ3n) is 3.94. The third-order valence-corrected chi connectivity index (χ3v) is 3.94. The highest BCUT2D eigenvalue weighted by Gasteiger charge is 2.37. The lowest BCUT2D eigenvalue weighted by Gasteiger charge is -2.43. The van der Waals surface area contributed by atoms with Gasteiger partial charge in [-0.1, -0.05) is 6.07 Å². The fraction of sp³-hybridized carbons (Fsp3) is 0.667. The van der Waals surface area contributed by atoms with Crippen LogP contribution in [0.3, 0.4) is 0 Å². The number of aromatic nitrogens is 1. The second-order valence-corrected chi connectivity index (χ2v) is 5.30. The van der Waals surface area contributed by atoms with Crippen molar-refractivity contribution in [2.75, 3.05) is 19.7 Å². The van der Waals surface area contributed by atoms with E-state index in [0.717, 1.165) is 32.5 Å². The molecule has 0 N–H and O–H groups in total. The molecule has 0 atom stereocenters. The summed E-state index contributed by atoms with van der Waals surface area (Å²) in [5.74, 6) is 0. The van der Waals surface area contributed by atoms with Gasteiger partial charge in [0.15, 0.2) is 0 Å². The predicted molar refractivity (Wildman–Crippen MR) is 73.5 cm³/mol. The molecule has 1 aromatic heterocycles. The molecule has 0 unspecified atom stereocenters. The van der Waals surface area contributed by atoms with Gasteiger partial charge in [0, 0.05) is 43.7 Å². The molecule has 0 saturated carbocycles. The summed E-state index contributed by atoms with van der Waals surface area (Å²) in [6.07, 6.45) is 5.91. The molecule has 2 rings (SSSR count). The molecule has 1 aliphatic rings. The van der Waals surface area contributed by atoms with Crippen molar-refractivity contribution in [3.8, 4) is 0 Å². The largest absolute Gasteiger partial charge is 0.370 e. The minimum Gasteiger partial charge on any atom is -0.370 e. The lowest BCUT2D eigenvalue weighted by Crippen LogP contribution is -2.46. The van der Waals surface area contributed by atoms with E-state index in [4.69, 9.17) is 4.74 Å². The Morgan fingerprint density at radius 1 is 1.39 bits per heavy atom. The highest BCUT2D eigenvalue weighted by Crippen LogP contribution is 2.36. The van der Waals surface area contributed by atoms with Crippen LogP contribution in [0.15, 0.2) is 24.5 Å². The summed E-state index contributed by atoms with van der Waals surface area (Å²) >= 11 is 0. The lowest BCUT2D eigenvalue weighted by atomic mass is 9.84. The van der Waals surface area contributed by atoms with E-state index in [1.807, 2.05) is 18.5 Å². The van der Waals surface area contributed by atoms with Gasteiger partial charge in [-0.05, 0) is 39.7 Å². The summed E-state index contributed by atoms with van der Waals surface area (Å²) in [6, 6.07) is 4.78. The molecule has 0 radical (unpaired) electrons. The van der Waals surface area contributed by atoms with Crippen LogP contribution in [0.2, 0.25) is 0 Å². The summed E-state index contributed by atoms with van der Waals surface area (Å²) < 4.78 is 6.12. The van der Waals surface area contributed by atoms with Crippen LogP contribution < -0.4 is 0 Å². The van der Waals surface area contributed by atoms with E-state index in [9.17, 15) is 0 Å². The minimum absolute atomic E-state index is 0.117. The van der Waals surface area contributed by atoms with Crippen molar-refractivity contribution in [2.45, 2.75) is 45.3 Å². The number of nitrogens with zero attached hydrogens (tertiary/aromatic N) is 2. The highest BCUT2D eigenvalue weighted by atomic mass is 16.5. The minimum atomic E-state index is -0.117. The van der Waals surface area contributed by atoms with Crippen LogP contribution in [0.25, 0.3) is 0 Å². The van der Waals surface area contributed by atoms with Gasteiger partial charge in [-0.15, -0.1) is 0 Å². The van der Waals surface area contributed by atoms with Gasteiger partial charge < -0.3 is 9.64 Å². The summed E-state index contributed by atoms with van der Waals surface area (Å²) in [7, 11) is 0. The van der Waals surface area contributed by atoms with E-state index in [1.165, 1.54) is 5.56 Å². The van der Waals surface area contributed by atoms with Crippen molar-refractivity contribution in [3.05, 3.63) is 30.1 Å². The molecule has 0 spiro atoms. The van der Waals surface area contributed by atoms with E-state index in [-0.39, 0.29) is 5.60 Å². The Hall–Kier alpha value is -0.930. The smallest absolute Gasteiger partial charge is 0.0970 e. The van der Waals surface area contributed by atoms with Gasteiger partial charge in [0.1, 0.15) is 0 Å². The Morgan fingerprint density at radius 3 is 2.61 bits per heavy atom. The zero-order valence-electron chi connectivity index (χ0n) is 11.7. The number of rotatable bonds is 4. The van der Waals surface area contributed by atoms with E-state index in [1.54, 1.807) is 0 Å². The molecule has 1 saturated heterocycles. The number of hydrogen-bond acceptors (Lipinski definition) is 3. The van der Waals surface area contributed by atoms with E-state index in [2.05, 4.69) is 36.7 Å². The Bertz CT molecular complexity index is 356. The second-order valence-electron chi connectivity index (χ2n) is 5.30. The molecule has 18 heavy (non-hydrogen) atoms. The van der Waals surface area contributed by atoms with Crippen molar-refractivity contribution < 1.29 is 4.74 Å². The van der Waals surface area contributed by atoms with Gasteiger partial charge in [0.2, 0.25) is 0 Å². The van der Waals surface area contributed by atoms with Crippen molar-refractivity contribution in [2.24, 2.45) is 0 Å². The third kappa shape index (κ3) is 2.73. The van der Waals surface area contributed by atoms with Gasteiger partial charge in [0.05, 0.1) is 5.60 Å². The number of piperidine rings is 1. The predicted octanol–water partition coefficient (Wildman–Crippen LogP) is 2.82. The Morgan fingerprint density at radius 2 is 2.11 bits per heavy atom. The van der Waals surface area contributed by atoms with Crippen molar-refractivity contribution in [3.63, 3.8) is 0 Å². The van der Waals surface area contributed by atoms with Gasteiger partial charge in [0.25, 0.3) is 0 Å². The van der Waals surface area contributed by atoms with Crippen molar-refractivity contribution in [1.82, 2.24) is 9.88 Å². The lowest BCUT2D eigenvalue weighted by molar-refractivity contribution is -0.0888. The van der Waals surface area contributed by atoms with Crippen LogP contribution in [-0.4, -0.2) is 35.6 Å². The molecule has 1 fully saturated rings. The maximum Gasteiger partial charge on any atom is 0.0970 e. The normalized spacial score (nSPS) is 20.2. The quantitative estimate of drug-likeness (QED) is 0.819. The zero-order chi connectivity index (χ0) is 13.0. The summed E-state index contributed by atoms with van der Waals surface area (Å²) in [4.78, 5) is 6.77. The average Bonchev–Trinajstić information content (AvgIpc) is 2.40. The average molecular weight is 248 g/mol. The first-order valence-electron chi connectivity index (χ1n) is 6.96. The fourth-order valence-corrected chi connectivity index (χ4v) is 2.83. The number of pyridine rings is 1. The molecule has 2 heterocycles. The maximum absolute atomic E-state index is 6.12. The van der Waals surface area contributed by atoms with Gasteiger partial charge in [-0.3, -0.25) is 4.98 Å². The summed E-state index contributed by atoms with van der Waals surface area (Å²) in [6.45, 7) is 9.57. The Labute approximate surface area is 110 Å². The molecule has 1 aromatic rings. The molecule has 1 aliphatic heterocycles. The molecule has 0 amide bonds. The summed E-state index contributed by atoms with van der Waals surface area (Å²) in [5, 5.41) is 0. The maximum atomic E-state index is 6.12. The topological polar surface area (TPSA) is 25.4 Å². The van der Waals surface area contributed by atoms with Crippen molar-refractivity contribution >= 4 is 0 Å². The first-order valence-corrected chi connectivity index (χ1v) is 6.96. The number of ether oxygens (including phenoxy) is 1. The first kappa shape index (κ1) is 13.5. The van der Waals surface area contributed by atoms with Crippen LogP contribution in [-0.2, 0) is 10.3 Å². The number of hydrogen-bond donors (Lipinski definition) is 0. The van der Waals surface area contributed by atoms with Crippen LogP contribution in [0, 0.1) is 0 Å². The second kappa shape index (κ2) is 5.81. The monoisotopic (exact) mass is 248 g/mol. The zero-order valence-corrected chi connectivity index (χ0v) is 11.7. The van der Waals surface area contributed by atoms with Crippen molar-refractivity contribution in [1.29, 1.82) is 0 Å². The number of likely N-dealkylation sites (tertiary alicyclic amines) is 1. The van der Waals surface area contributed by atoms with Gasteiger partial charge >= 0.3 is 0 Å². The molecule has 0 aromatic carbocycles. The van der Waals surface area contributed by atoms with E-state index < -0.39 is 0 Å². The van der Waals surface area contributed by atoms with E-state index in [0.29, 0.717) is 6.04 Å². The Balaban J connectivity index is 2.15.